The number of rotatable bonds is 5. The molecule has 0 spiro atoms. The molecular weight excluding hydrogens is 265 g/mol. The van der Waals surface area contributed by atoms with E-state index in [9.17, 15) is 35.5 Å². The molecule has 0 rings (SSSR count). The van der Waals surface area contributed by atoms with Crippen LogP contribution in [0, 0.1) is 0 Å². The van der Waals surface area contributed by atoms with Crippen molar-refractivity contribution < 1.29 is 45.4 Å². The minimum Gasteiger partial charge on any atom is -0.481 e. The maximum Gasteiger partial charge on any atom is 0.458 e. The Bertz CT molecular complexity index is 256. The van der Waals surface area contributed by atoms with Crippen LogP contribution in [0.3, 0.4) is 0 Å². The third-order valence-corrected chi connectivity index (χ3v) is 1.57. The number of hydrogen-bond acceptors (Lipinski definition) is 2. The van der Waals surface area contributed by atoms with Crippen LogP contribution in [-0.2, 0) is 9.53 Å². The zero-order valence-corrected chi connectivity index (χ0v) is 8.03. The second kappa shape index (κ2) is 5.07. The monoisotopic (exact) mass is 272 g/mol. The molecule has 0 aliphatic heterocycles. The van der Waals surface area contributed by atoms with Crippen LogP contribution in [0.5, 0.6) is 0 Å². The third-order valence-electron chi connectivity index (χ3n) is 1.57. The number of carboxylic acid groups (broad SMARTS) is 1. The summed E-state index contributed by atoms with van der Waals surface area (Å²) in [5, 5.41) is 8.07. The van der Waals surface area contributed by atoms with Gasteiger partial charge in [0.1, 0.15) is 0 Å². The number of halogens is 7. The molecule has 0 aromatic heterocycles. The molecule has 0 radical (unpaired) electrons. The second-order valence-corrected chi connectivity index (χ2v) is 2.94. The number of hydrogen-bond donors (Lipinski definition) is 1. The van der Waals surface area contributed by atoms with Crippen LogP contribution in [-0.4, -0.2) is 35.9 Å². The predicted octanol–water partition coefficient (Wildman–Crippen LogP) is 2.66. The van der Waals surface area contributed by atoms with E-state index >= 15 is 0 Å². The van der Waals surface area contributed by atoms with Crippen LogP contribution in [0.4, 0.5) is 30.7 Å². The number of carbonyl (C=O) groups is 1. The number of aliphatic carboxylic acids is 1. The van der Waals surface area contributed by atoms with E-state index in [-0.39, 0.29) is 0 Å². The average Bonchev–Trinajstić information content (AvgIpc) is 2.07. The minimum absolute atomic E-state index is 0.673. The zero-order valence-electron chi connectivity index (χ0n) is 8.03. The van der Waals surface area contributed by atoms with Crippen molar-refractivity contribution in [1.29, 1.82) is 0 Å². The largest absolute Gasteiger partial charge is 0.481 e. The standard InChI is InChI=1S/C7H7F7O3/c8-5(6(9,10)11,7(12,13)14)17-3-1-2-4(15)16/h1-3H2,(H,15,16). The molecule has 0 bridgehead atoms. The van der Waals surface area contributed by atoms with Gasteiger partial charge in [0.2, 0.25) is 0 Å². The minimum atomic E-state index is -6.28. The summed E-state index contributed by atoms with van der Waals surface area (Å²) < 4.78 is 86.9. The SMILES string of the molecule is O=C(O)CCCOC(F)(C(F)(F)F)C(F)(F)F. The first kappa shape index (κ1) is 15.9. The summed E-state index contributed by atoms with van der Waals surface area (Å²) in [6, 6.07) is 0. The lowest BCUT2D eigenvalue weighted by Crippen LogP contribution is -2.55. The van der Waals surface area contributed by atoms with Crippen molar-refractivity contribution in [2.24, 2.45) is 0 Å². The number of alkyl halides is 7. The van der Waals surface area contributed by atoms with E-state index in [1.807, 2.05) is 0 Å². The van der Waals surface area contributed by atoms with Gasteiger partial charge in [0.05, 0.1) is 6.61 Å². The molecule has 0 aliphatic rings. The topological polar surface area (TPSA) is 46.5 Å². The molecule has 0 heterocycles. The molecule has 1 N–H and O–H groups in total. The van der Waals surface area contributed by atoms with Gasteiger partial charge in [-0.2, -0.15) is 30.7 Å². The van der Waals surface area contributed by atoms with Crippen LogP contribution in [0.25, 0.3) is 0 Å². The first-order valence-corrected chi connectivity index (χ1v) is 4.10. The third kappa shape index (κ3) is 4.02. The van der Waals surface area contributed by atoms with E-state index in [2.05, 4.69) is 4.74 Å². The van der Waals surface area contributed by atoms with Gasteiger partial charge in [-0.3, -0.25) is 4.79 Å². The molecule has 0 aromatic carbocycles. The van der Waals surface area contributed by atoms with Gasteiger partial charge in [0.15, 0.2) is 0 Å². The van der Waals surface area contributed by atoms with Crippen molar-refractivity contribution in [3.63, 3.8) is 0 Å². The summed E-state index contributed by atoms with van der Waals surface area (Å²) in [6.45, 7) is -1.32. The van der Waals surface area contributed by atoms with E-state index in [0.717, 1.165) is 0 Å². The van der Waals surface area contributed by atoms with Crippen LogP contribution in [0.15, 0.2) is 0 Å². The highest BCUT2D eigenvalue weighted by molar-refractivity contribution is 5.66. The fraction of sp³-hybridized carbons (Fsp3) is 0.857. The van der Waals surface area contributed by atoms with E-state index in [4.69, 9.17) is 5.11 Å². The zero-order chi connectivity index (χ0) is 13.9. The summed E-state index contributed by atoms with van der Waals surface area (Å²) in [7, 11) is 0. The van der Waals surface area contributed by atoms with Gasteiger partial charge in [0, 0.05) is 6.42 Å². The fourth-order valence-electron chi connectivity index (χ4n) is 0.761. The quantitative estimate of drug-likeness (QED) is 0.618. The van der Waals surface area contributed by atoms with Crippen molar-refractivity contribution in [3.05, 3.63) is 0 Å². The summed E-state index contributed by atoms with van der Waals surface area (Å²) in [6.07, 6.45) is -14.0. The van der Waals surface area contributed by atoms with Gasteiger partial charge in [0.25, 0.3) is 0 Å². The highest BCUT2D eigenvalue weighted by atomic mass is 19.4. The Hall–Kier alpha value is -1.06. The fourth-order valence-corrected chi connectivity index (χ4v) is 0.761. The van der Waals surface area contributed by atoms with Gasteiger partial charge < -0.3 is 9.84 Å². The van der Waals surface area contributed by atoms with Crippen LogP contribution < -0.4 is 0 Å². The normalized spacial score (nSPS) is 13.8. The van der Waals surface area contributed by atoms with E-state index in [1.54, 1.807) is 0 Å². The number of ether oxygens (including phenoxy) is 1. The predicted molar refractivity (Wildman–Crippen MR) is 38.8 cm³/mol. The van der Waals surface area contributed by atoms with Gasteiger partial charge in [-0.1, -0.05) is 0 Å². The van der Waals surface area contributed by atoms with Crippen molar-refractivity contribution in [2.45, 2.75) is 31.0 Å². The Balaban J connectivity index is 4.59. The Morgan fingerprint density at radius 1 is 1.00 bits per heavy atom. The van der Waals surface area contributed by atoms with Gasteiger partial charge in [-0.05, 0) is 6.42 Å². The molecule has 10 heteroatoms. The summed E-state index contributed by atoms with van der Waals surface area (Å²) in [5.41, 5.74) is 0. The van der Waals surface area contributed by atoms with Crippen molar-refractivity contribution in [1.82, 2.24) is 0 Å². The van der Waals surface area contributed by atoms with E-state index < -0.39 is 43.6 Å². The van der Waals surface area contributed by atoms with Gasteiger partial charge in [-0.15, -0.1) is 0 Å². The van der Waals surface area contributed by atoms with Crippen molar-refractivity contribution >= 4 is 5.97 Å². The number of carboxylic acids is 1. The Kier molecular flexibility index (Phi) is 4.75. The molecule has 0 fully saturated rings. The molecule has 0 unspecified atom stereocenters. The van der Waals surface area contributed by atoms with Crippen LogP contribution in [0.2, 0.25) is 0 Å². The molecule has 102 valence electrons. The lowest BCUT2D eigenvalue weighted by molar-refractivity contribution is -0.430. The Labute approximate surface area is 90.2 Å². The Morgan fingerprint density at radius 2 is 1.41 bits per heavy atom. The molecule has 0 aliphatic carbocycles. The molecule has 0 saturated heterocycles. The first-order valence-electron chi connectivity index (χ1n) is 4.10. The molecular formula is C7H7F7O3. The Morgan fingerprint density at radius 3 is 1.71 bits per heavy atom. The summed E-state index contributed by atoms with van der Waals surface area (Å²) in [4.78, 5) is 9.92. The highest BCUT2D eigenvalue weighted by Crippen LogP contribution is 2.46. The van der Waals surface area contributed by atoms with Crippen molar-refractivity contribution in [2.75, 3.05) is 6.61 Å². The smallest absolute Gasteiger partial charge is 0.458 e. The van der Waals surface area contributed by atoms with E-state index in [0.29, 0.717) is 0 Å². The lowest BCUT2D eigenvalue weighted by atomic mass is 10.2. The lowest BCUT2D eigenvalue weighted by Gasteiger charge is -2.29. The molecule has 17 heavy (non-hydrogen) atoms. The molecule has 0 aromatic rings. The second-order valence-electron chi connectivity index (χ2n) is 2.94. The first-order chi connectivity index (χ1) is 7.42. The molecule has 0 amide bonds. The summed E-state index contributed by atoms with van der Waals surface area (Å²) >= 11 is 0. The van der Waals surface area contributed by atoms with E-state index in [1.165, 1.54) is 0 Å². The maximum atomic E-state index is 12.7. The average molecular weight is 272 g/mol. The molecule has 3 nitrogen and oxygen atoms in total. The summed E-state index contributed by atoms with van der Waals surface area (Å²) in [5.74, 6) is -7.23. The van der Waals surface area contributed by atoms with Gasteiger partial charge in [-0.25, -0.2) is 0 Å². The molecule has 0 saturated carbocycles. The van der Waals surface area contributed by atoms with Crippen molar-refractivity contribution in [3.8, 4) is 0 Å². The van der Waals surface area contributed by atoms with Gasteiger partial charge >= 0.3 is 24.2 Å². The van der Waals surface area contributed by atoms with Crippen LogP contribution in [0.1, 0.15) is 12.8 Å². The van der Waals surface area contributed by atoms with Crippen LogP contribution >= 0.6 is 0 Å². The molecule has 0 atom stereocenters. The highest BCUT2D eigenvalue weighted by Gasteiger charge is 2.74. The maximum absolute atomic E-state index is 12.7.